The molecule has 0 spiro atoms. The molecule has 0 amide bonds. The van der Waals surface area contributed by atoms with Gasteiger partial charge in [0.1, 0.15) is 5.82 Å². The van der Waals surface area contributed by atoms with Crippen molar-refractivity contribution in [3.05, 3.63) is 46.9 Å². The second-order valence-electron chi connectivity index (χ2n) is 5.95. The molecule has 24 heavy (non-hydrogen) atoms. The number of hydrogen-bond acceptors (Lipinski definition) is 5. The molecule has 0 atom stereocenters. The zero-order valence-electron chi connectivity index (χ0n) is 13.9. The topological polar surface area (TPSA) is 55.3 Å². The van der Waals surface area contributed by atoms with Crippen molar-refractivity contribution in [1.82, 2.24) is 9.97 Å². The molecule has 0 radical (unpaired) electrons. The van der Waals surface area contributed by atoms with Gasteiger partial charge in [-0.25, -0.2) is 9.37 Å². The maximum absolute atomic E-state index is 12.9. The highest BCUT2D eigenvalue weighted by atomic mass is 19.1. The lowest BCUT2D eigenvalue weighted by Gasteiger charge is -2.18. The van der Waals surface area contributed by atoms with Gasteiger partial charge in [0.2, 0.25) is 11.8 Å². The third-order valence-electron chi connectivity index (χ3n) is 4.23. The highest BCUT2D eigenvalue weighted by Gasteiger charge is 2.19. The van der Waals surface area contributed by atoms with Gasteiger partial charge in [-0.1, -0.05) is 0 Å². The molecular formula is C18H20FN3O2. The maximum atomic E-state index is 12.9. The van der Waals surface area contributed by atoms with Crippen molar-refractivity contribution in [3.8, 4) is 5.88 Å². The second-order valence-corrected chi connectivity index (χ2v) is 5.95. The van der Waals surface area contributed by atoms with Crippen LogP contribution >= 0.6 is 0 Å². The Labute approximate surface area is 140 Å². The first-order valence-electron chi connectivity index (χ1n) is 8.06. The molecule has 0 N–H and O–H groups in total. The molecule has 0 unspecified atom stereocenters. The predicted octanol–water partition coefficient (Wildman–Crippen LogP) is 3.09. The highest BCUT2D eigenvalue weighted by Crippen LogP contribution is 2.23. The van der Waals surface area contributed by atoms with Crippen molar-refractivity contribution in [2.75, 3.05) is 24.6 Å². The summed E-state index contributed by atoms with van der Waals surface area (Å²) < 4.78 is 18.6. The molecule has 1 fully saturated rings. The Bertz CT molecular complexity index is 741. The van der Waals surface area contributed by atoms with E-state index < -0.39 is 0 Å². The average Bonchev–Trinajstić information content (AvgIpc) is 3.11. The van der Waals surface area contributed by atoms with Crippen LogP contribution in [-0.2, 0) is 0 Å². The minimum absolute atomic E-state index is 0.137. The van der Waals surface area contributed by atoms with Gasteiger partial charge in [0, 0.05) is 29.9 Å². The summed E-state index contributed by atoms with van der Waals surface area (Å²) in [5.41, 5.74) is 2.08. The van der Waals surface area contributed by atoms with E-state index in [0.717, 1.165) is 37.2 Å². The fraction of sp³-hybridized carbons (Fsp3) is 0.389. The van der Waals surface area contributed by atoms with Crippen molar-refractivity contribution in [1.29, 1.82) is 0 Å². The molecule has 1 saturated heterocycles. The normalized spacial score (nSPS) is 14.0. The average molecular weight is 329 g/mol. The number of ketones is 1. The summed E-state index contributed by atoms with van der Waals surface area (Å²) in [6.45, 7) is 5.53. The first kappa shape index (κ1) is 16.4. The van der Waals surface area contributed by atoms with E-state index in [1.165, 1.54) is 24.3 Å². The monoisotopic (exact) mass is 329 g/mol. The highest BCUT2D eigenvalue weighted by molar-refractivity contribution is 5.97. The molecular weight excluding hydrogens is 309 g/mol. The van der Waals surface area contributed by atoms with Gasteiger partial charge in [-0.05, 0) is 51.0 Å². The summed E-state index contributed by atoms with van der Waals surface area (Å²) in [4.78, 5) is 23.3. The molecule has 5 nitrogen and oxygen atoms in total. The summed E-state index contributed by atoms with van der Waals surface area (Å²) in [5, 5.41) is 0. The number of benzene rings is 1. The molecule has 0 bridgehead atoms. The number of halogens is 1. The summed E-state index contributed by atoms with van der Waals surface area (Å²) in [5.74, 6) is 0.498. The van der Waals surface area contributed by atoms with Crippen LogP contribution in [0.5, 0.6) is 5.88 Å². The van der Waals surface area contributed by atoms with Crippen LogP contribution in [-0.4, -0.2) is 35.4 Å². The summed E-state index contributed by atoms with van der Waals surface area (Å²) >= 11 is 0. The lowest BCUT2D eigenvalue weighted by atomic mass is 10.1. The van der Waals surface area contributed by atoms with E-state index in [1.54, 1.807) is 0 Å². The van der Waals surface area contributed by atoms with Crippen LogP contribution in [0, 0.1) is 19.7 Å². The largest absolute Gasteiger partial charge is 0.469 e. The van der Waals surface area contributed by atoms with Crippen molar-refractivity contribution in [3.63, 3.8) is 0 Å². The van der Waals surface area contributed by atoms with Gasteiger partial charge >= 0.3 is 0 Å². The van der Waals surface area contributed by atoms with Crippen molar-refractivity contribution in [2.45, 2.75) is 26.7 Å². The van der Waals surface area contributed by atoms with Crippen LogP contribution in [0.15, 0.2) is 24.3 Å². The molecule has 2 aromatic rings. The molecule has 1 aliphatic rings. The quantitative estimate of drug-likeness (QED) is 0.789. The van der Waals surface area contributed by atoms with E-state index in [4.69, 9.17) is 4.74 Å². The minimum atomic E-state index is -0.370. The number of rotatable bonds is 5. The van der Waals surface area contributed by atoms with E-state index >= 15 is 0 Å². The Hall–Kier alpha value is -2.50. The number of aryl methyl sites for hydroxylation is 1. The Morgan fingerprint density at radius 1 is 1.17 bits per heavy atom. The Morgan fingerprint density at radius 3 is 2.50 bits per heavy atom. The second kappa shape index (κ2) is 6.95. The third-order valence-corrected chi connectivity index (χ3v) is 4.23. The van der Waals surface area contributed by atoms with Crippen LogP contribution in [0.3, 0.4) is 0 Å². The summed E-state index contributed by atoms with van der Waals surface area (Å²) in [6, 6.07) is 5.43. The van der Waals surface area contributed by atoms with Gasteiger partial charge in [0.05, 0.1) is 0 Å². The first-order valence-corrected chi connectivity index (χ1v) is 8.06. The molecule has 6 heteroatoms. The van der Waals surface area contributed by atoms with E-state index in [0.29, 0.717) is 17.4 Å². The smallest absolute Gasteiger partial charge is 0.228 e. The van der Waals surface area contributed by atoms with Gasteiger partial charge < -0.3 is 9.64 Å². The summed E-state index contributed by atoms with van der Waals surface area (Å²) in [7, 11) is 0. The van der Waals surface area contributed by atoms with Crippen molar-refractivity contribution < 1.29 is 13.9 Å². The van der Waals surface area contributed by atoms with Crippen LogP contribution in [0.2, 0.25) is 0 Å². The number of carbonyl (C=O) groups excluding carboxylic acids is 1. The molecule has 1 aromatic heterocycles. The fourth-order valence-electron chi connectivity index (χ4n) is 2.64. The Kier molecular flexibility index (Phi) is 4.74. The minimum Gasteiger partial charge on any atom is -0.469 e. The SMILES string of the molecule is Cc1nc(N2CCCC2)nc(OCC(=O)c2ccc(F)cc2)c1C. The number of anilines is 1. The number of aromatic nitrogens is 2. The standard InChI is InChI=1S/C18H20FN3O2/c1-12-13(2)20-18(22-9-3-4-10-22)21-17(12)24-11-16(23)14-5-7-15(19)8-6-14/h5-8H,3-4,9-11H2,1-2H3. The lowest BCUT2D eigenvalue weighted by molar-refractivity contribution is 0.0917. The zero-order valence-corrected chi connectivity index (χ0v) is 13.9. The maximum Gasteiger partial charge on any atom is 0.228 e. The zero-order chi connectivity index (χ0) is 17.1. The van der Waals surface area contributed by atoms with E-state index in [1.807, 2.05) is 13.8 Å². The third kappa shape index (κ3) is 3.53. The Balaban J connectivity index is 1.74. The number of hydrogen-bond donors (Lipinski definition) is 0. The number of nitrogens with zero attached hydrogens (tertiary/aromatic N) is 3. The van der Waals surface area contributed by atoms with Gasteiger partial charge in [0.25, 0.3) is 0 Å². The Morgan fingerprint density at radius 2 is 1.83 bits per heavy atom. The van der Waals surface area contributed by atoms with Crippen LogP contribution in [0.25, 0.3) is 0 Å². The molecule has 0 aliphatic carbocycles. The van der Waals surface area contributed by atoms with E-state index in [-0.39, 0.29) is 18.2 Å². The molecule has 0 saturated carbocycles. The van der Waals surface area contributed by atoms with E-state index in [9.17, 15) is 9.18 Å². The summed E-state index contributed by atoms with van der Waals surface area (Å²) in [6.07, 6.45) is 2.27. The van der Waals surface area contributed by atoms with Crippen molar-refractivity contribution >= 4 is 11.7 Å². The van der Waals surface area contributed by atoms with Gasteiger partial charge in [-0.2, -0.15) is 4.98 Å². The molecule has 1 aromatic carbocycles. The fourth-order valence-corrected chi connectivity index (χ4v) is 2.64. The van der Waals surface area contributed by atoms with Crippen LogP contribution in [0.4, 0.5) is 10.3 Å². The predicted molar refractivity (Wildman–Crippen MR) is 89.2 cm³/mol. The lowest BCUT2D eigenvalue weighted by Crippen LogP contribution is -2.22. The van der Waals surface area contributed by atoms with Gasteiger partial charge in [-0.3, -0.25) is 4.79 Å². The van der Waals surface area contributed by atoms with Crippen LogP contribution in [0.1, 0.15) is 34.5 Å². The van der Waals surface area contributed by atoms with Gasteiger partial charge in [-0.15, -0.1) is 0 Å². The number of ether oxygens (including phenoxy) is 1. The molecule has 1 aliphatic heterocycles. The number of Topliss-reactive ketones (excluding diaryl/α,β-unsaturated/α-hetero) is 1. The molecule has 3 rings (SSSR count). The number of carbonyl (C=O) groups is 1. The molecule has 2 heterocycles. The van der Waals surface area contributed by atoms with E-state index in [2.05, 4.69) is 14.9 Å². The van der Waals surface area contributed by atoms with Crippen LogP contribution < -0.4 is 9.64 Å². The van der Waals surface area contributed by atoms with Crippen molar-refractivity contribution in [2.24, 2.45) is 0 Å². The molecule has 126 valence electrons. The first-order chi connectivity index (χ1) is 11.5. The van der Waals surface area contributed by atoms with Gasteiger partial charge in [0.15, 0.2) is 12.4 Å².